The van der Waals surface area contributed by atoms with Crippen LogP contribution in [0.1, 0.15) is 24.0 Å². The van der Waals surface area contributed by atoms with E-state index in [2.05, 4.69) is 111 Å². The second-order valence-corrected chi connectivity index (χ2v) is 13.9. The number of rotatable bonds is 7. The summed E-state index contributed by atoms with van der Waals surface area (Å²) in [4.78, 5) is 4.29. The molecule has 1 N–H and O–H groups in total. The van der Waals surface area contributed by atoms with E-state index in [-0.39, 0.29) is 6.04 Å². The summed E-state index contributed by atoms with van der Waals surface area (Å²) in [6, 6.07) is 18.1. The zero-order valence-electron chi connectivity index (χ0n) is 19.1. The molecule has 1 fully saturated rings. The van der Waals surface area contributed by atoms with Gasteiger partial charge in [-0.3, -0.25) is 0 Å². The van der Waals surface area contributed by atoms with E-state index < -0.39 is 13.9 Å². The Hall–Kier alpha value is -1.82. The van der Waals surface area contributed by atoms with Crippen molar-refractivity contribution < 1.29 is 4.43 Å². The average molecular weight is 412 g/mol. The van der Waals surface area contributed by atoms with Crippen LogP contribution in [0.4, 0.5) is 11.4 Å². The minimum atomic E-state index is -1.86. The van der Waals surface area contributed by atoms with E-state index in [0.717, 1.165) is 13.0 Å². The summed E-state index contributed by atoms with van der Waals surface area (Å²) in [7, 11) is 6.47. The monoisotopic (exact) mass is 411 g/mol. The van der Waals surface area contributed by atoms with Gasteiger partial charge in [-0.1, -0.05) is 24.3 Å². The van der Waals surface area contributed by atoms with Crippen molar-refractivity contribution in [3.05, 3.63) is 59.7 Å². The summed E-state index contributed by atoms with van der Waals surface area (Å²) in [6.07, 6.45) is 2.31. The van der Waals surface area contributed by atoms with E-state index in [1.807, 2.05) is 0 Å². The van der Waals surface area contributed by atoms with Crippen molar-refractivity contribution in [2.45, 2.75) is 44.1 Å². The highest BCUT2D eigenvalue weighted by molar-refractivity contribution is 6.69. The van der Waals surface area contributed by atoms with Crippen LogP contribution in [0.5, 0.6) is 0 Å². The van der Waals surface area contributed by atoms with Crippen molar-refractivity contribution in [1.29, 1.82) is 0 Å². The van der Waals surface area contributed by atoms with Gasteiger partial charge in [0.15, 0.2) is 8.32 Å². The van der Waals surface area contributed by atoms with Gasteiger partial charge in [-0.2, -0.15) is 0 Å². The average Bonchev–Trinajstić information content (AvgIpc) is 3.20. The number of anilines is 2. The molecule has 1 atom stereocenters. The van der Waals surface area contributed by atoms with Crippen LogP contribution in [0, 0.1) is 0 Å². The SMILES string of the molecule is CN(C)c1ccc(C(O[Si](C)(C)C)(c2ccc(N(C)C)cc2)C2CCCN2)cc1. The summed E-state index contributed by atoms with van der Waals surface area (Å²) in [5.41, 5.74) is 4.41. The standard InChI is InChI=1S/C24H37N3OSi/c1-26(2)21-14-10-19(11-15-21)24(28-29(5,6)7,23-9-8-18-25-23)20-12-16-22(17-13-20)27(3)4/h10-17,23,25H,8-9,18H2,1-7H3. The van der Waals surface area contributed by atoms with Crippen molar-refractivity contribution in [3.63, 3.8) is 0 Å². The van der Waals surface area contributed by atoms with Gasteiger partial charge in [-0.05, 0) is 74.4 Å². The first-order valence-corrected chi connectivity index (χ1v) is 14.0. The minimum absolute atomic E-state index is 0.268. The Bertz CT molecular complexity index is 737. The largest absolute Gasteiger partial charge is 0.403 e. The molecule has 1 aliphatic heterocycles. The fourth-order valence-electron chi connectivity index (χ4n) is 4.29. The first-order valence-electron chi connectivity index (χ1n) is 10.6. The summed E-state index contributed by atoms with van der Waals surface area (Å²) in [5.74, 6) is 0. The molecular weight excluding hydrogens is 374 g/mol. The molecule has 1 heterocycles. The molecule has 4 nitrogen and oxygen atoms in total. The number of hydrogen-bond acceptors (Lipinski definition) is 4. The molecule has 0 radical (unpaired) electrons. The van der Waals surface area contributed by atoms with E-state index in [9.17, 15) is 0 Å². The Labute approximate surface area is 178 Å². The lowest BCUT2D eigenvalue weighted by Gasteiger charge is -2.45. The Kier molecular flexibility index (Phi) is 6.41. The Morgan fingerprint density at radius 3 is 1.59 bits per heavy atom. The van der Waals surface area contributed by atoms with Crippen LogP contribution >= 0.6 is 0 Å². The van der Waals surface area contributed by atoms with Crippen molar-refractivity contribution in [1.82, 2.24) is 5.32 Å². The lowest BCUT2D eigenvalue weighted by molar-refractivity contribution is 0.0639. The molecule has 0 bridgehead atoms. The predicted molar refractivity (Wildman–Crippen MR) is 128 cm³/mol. The van der Waals surface area contributed by atoms with Crippen LogP contribution in [0.15, 0.2) is 48.5 Å². The van der Waals surface area contributed by atoms with Crippen LogP contribution in [0.3, 0.4) is 0 Å². The van der Waals surface area contributed by atoms with Gasteiger partial charge in [0.2, 0.25) is 0 Å². The van der Waals surface area contributed by atoms with Gasteiger partial charge in [0, 0.05) is 45.6 Å². The maximum atomic E-state index is 7.13. The molecule has 29 heavy (non-hydrogen) atoms. The van der Waals surface area contributed by atoms with Crippen molar-refractivity contribution in [2.24, 2.45) is 0 Å². The molecule has 1 aliphatic rings. The van der Waals surface area contributed by atoms with E-state index >= 15 is 0 Å². The van der Waals surface area contributed by atoms with Gasteiger partial charge in [0.1, 0.15) is 5.60 Å². The lowest BCUT2D eigenvalue weighted by atomic mass is 9.79. The van der Waals surface area contributed by atoms with Gasteiger partial charge in [0.05, 0.1) is 0 Å². The fraction of sp³-hybridized carbons (Fsp3) is 0.500. The molecule has 5 heteroatoms. The first-order chi connectivity index (χ1) is 13.6. The predicted octanol–water partition coefficient (Wildman–Crippen LogP) is 4.67. The number of hydrogen-bond donors (Lipinski definition) is 1. The molecule has 0 amide bonds. The van der Waals surface area contributed by atoms with E-state index in [0.29, 0.717) is 0 Å². The molecule has 2 aromatic rings. The molecule has 0 aliphatic carbocycles. The second kappa shape index (κ2) is 8.50. The van der Waals surface area contributed by atoms with Crippen molar-refractivity contribution in [2.75, 3.05) is 44.5 Å². The normalized spacial score (nSPS) is 17.4. The highest BCUT2D eigenvalue weighted by atomic mass is 28.4. The molecule has 2 aromatic carbocycles. The van der Waals surface area contributed by atoms with Crippen molar-refractivity contribution >= 4 is 19.7 Å². The minimum Gasteiger partial charge on any atom is -0.403 e. The lowest BCUT2D eigenvalue weighted by Crippen LogP contribution is -2.53. The second-order valence-electron chi connectivity index (χ2n) is 9.48. The van der Waals surface area contributed by atoms with Gasteiger partial charge in [0.25, 0.3) is 0 Å². The van der Waals surface area contributed by atoms with Crippen LogP contribution in [0.2, 0.25) is 19.6 Å². The quantitative estimate of drug-likeness (QED) is 0.670. The summed E-state index contributed by atoms with van der Waals surface area (Å²) in [5, 5.41) is 3.77. The molecule has 1 saturated heterocycles. The molecule has 1 unspecified atom stereocenters. The van der Waals surface area contributed by atoms with E-state index in [1.54, 1.807) is 0 Å². The van der Waals surface area contributed by atoms with Crippen LogP contribution in [-0.2, 0) is 10.0 Å². The van der Waals surface area contributed by atoms with Gasteiger partial charge in [-0.25, -0.2) is 0 Å². The smallest absolute Gasteiger partial charge is 0.185 e. The topological polar surface area (TPSA) is 27.7 Å². The maximum Gasteiger partial charge on any atom is 0.185 e. The maximum absolute atomic E-state index is 7.13. The molecule has 3 rings (SSSR count). The number of nitrogens with zero attached hydrogens (tertiary/aromatic N) is 2. The number of nitrogens with one attached hydrogen (secondary N) is 1. The third kappa shape index (κ3) is 4.68. The highest BCUT2D eigenvalue weighted by Gasteiger charge is 2.47. The van der Waals surface area contributed by atoms with Crippen LogP contribution in [0.25, 0.3) is 0 Å². The Morgan fingerprint density at radius 2 is 1.28 bits per heavy atom. The molecule has 0 aromatic heterocycles. The first kappa shape index (κ1) is 21.9. The number of benzene rings is 2. The van der Waals surface area contributed by atoms with Gasteiger partial charge < -0.3 is 19.5 Å². The molecule has 158 valence electrons. The van der Waals surface area contributed by atoms with Crippen LogP contribution in [-0.4, -0.2) is 49.1 Å². The summed E-state index contributed by atoms with van der Waals surface area (Å²) in [6.45, 7) is 7.92. The van der Waals surface area contributed by atoms with E-state index in [1.165, 1.54) is 28.9 Å². The third-order valence-corrected chi connectivity index (χ3v) is 6.58. The summed E-state index contributed by atoms with van der Waals surface area (Å²) < 4.78 is 7.13. The zero-order valence-corrected chi connectivity index (χ0v) is 20.1. The highest BCUT2D eigenvalue weighted by Crippen LogP contribution is 2.43. The van der Waals surface area contributed by atoms with Gasteiger partial charge in [-0.15, -0.1) is 0 Å². The molecule has 0 saturated carbocycles. The summed E-state index contributed by atoms with van der Waals surface area (Å²) >= 11 is 0. The molecule has 0 spiro atoms. The van der Waals surface area contributed by atoms with Crippen molar-refractivity contribution in [3.8, 4) is 0 Å². The van der Waals surface area contributed by atoms with Gasteiger partial charge >= 0.3 is 0 Å². The third-order valence-electron chi connectivity index (χ3n) is 5.64. The molecular formula is C24H37N3OSi. The fourth-order valence-corrected chi connectivity index (χ4v) is 5.63. The van der Waals surface area contributed by atoms with Crippen LogP contribution < -0.4 is 15.1 Å². The zero-order chi connectivity index (χ0) is 21.2. The van der Waals surface area contributed by atoms with E-state index in [4.69, 9.17) is 4.43 Å². The Morgan fingerprint density at radius 1 is 0.828 bits per heavy atom. The Balaban J connectivity index is 2.18.